The lowest BCUT2D eigenvalue weighted by Gasteiger charge is -2.16. The fourth-order valence-corrected chi connectivity index (χ4v) is 3.06. The molecule has 1 heterocycles. The molecule has 1 amide bonds. The number of nitrogens with zero attached hydrogens (tertiary/aromatic N) is 2. The van der Waals surface area contributed by atoms with Gasteiger partial charge in [0.05, 0.1) is 17.2 Å². The lowest BCUT2D eigenvalue weighted by molar-refractivity contribution is -0.124. The van der Waals surface area contributed by atoms with Gasteiger partial charge in [0, 0.05) is 5.69 Å². The van der Waals surface area contributed by atoms with Gasteiger partial charge in [-0.15, -0.1) is 0 Å². The Morgan fingerprint density at radius 2 is 1.69 bits per heavy atom. The van der Waals surface area contributed by atoms with Gasteiger partial charge < -0.3 is 10.1 Å². The van der Waals surface area contributed by atoms with E-state index in [1.807, 2.05) is 60.7 Å². The first-order valence-electron chi connectivity index (χ1n) is 9.36. The smallest absolute Gasteiger partial charge is 0.359 e. The fraction of sp³-hybridized carbons (Fsp3) is 0.130. The van der Waals surface area contributed by atoms with Gasteiger partial charge in [-0.25, -0.2) is 9.78 Å². The fourth-order valence-electron chi connectivity index (χ4n) is 3.06. The molecule has 6 nitrogen and oxygen atoms in total. The number of carbonyl (C=O) groups is 2. The number of rotatable bonds is 5. The zero-order valence-electron chi connectivity index (χ0n) is 15.8. The topological polar surface area (TPSA) is 81.2 Å². The Morgan fingerprint density at radius 3 is 2.48 bits per heavy atom. The molecule has 1 atom stereocenters. The Kier molecular flexibility index (Phi) is 5.16. The lowest BCUT2D eigenvalue weighted by Crippen LogP contribution is -2.32. The number of benzene rings is 3. The molecule has 0 aliphatic heterocycles. The standard InChI is InChI=1S/C23H19N3O3/c1-2-21(22(27)25-17-12-11-15-7-3-4-8-16(15)13-17)29-23(28)20-14-24-18-9-5-6-10-19(18)26-20/h3-14,21H,2H2,1H3,(H,25,27). The van der Waals surface area contributed by atoms with Crippen molar-refractivity contribution in [2.45, 2.75) is 19.4 Å². The van der Waals surface area contributed by atoms with Crippen molar-refractivity contribution in [2.24, 2.45) is 0 Å². The van der Waals surface area contributed by atoms with Crippen LogP contribution in [0.5, 0.6) is 0 Å². The molecule has 0 radical (unpaired) electrons. The molecule has 4 rings (SSSR count). The summed E-state index contributed by atoms with van der Waals surface area (Å²) in [7, 11) is 0. The Hall–Kier alpha value is -3.80. The maximum atomic E-state index is 12.6. The van der Waals surface area contributed by atoms with E-state index in [0.717, 1.165) is 10.8 Å². The Morgan fingerprint density at radius 1 is 0.966 bits per heavy atom. The minimum atomic E-state index is -0.928. The molecule has 6 heteroatoms. The number of ether oxygens (including phenoxy) is 1. The van der Waals surface area contributed by atoms with E-state index in [-0.39, 0.29) is 11.6 Å². The van der Waals surface area contributed by atoms with Gasteiger partial charge in [0.25, 0.3) is 5.91 Å². The molecule has 0 fully saturated rings. The third-order valence-corrected chi connectivity index (χ3v) is 4.59. The molecule has 3 aromatic carbocycles. The van der Waals surface area contributed by atoms with Crippen LogP contribution in [0.3, 0.4) is 0 Å². The number of carbonyl (C=O) groups excluding carboxylic acids is 2. The largest absolute Gasteiger partial charge is 0.447 e. The molecule has 0 aliphatic rings. The van der Waals surface area contributed by atoms with Crippen molar-refractivity contribution in [1.29, 1.82) is 0 Å². The van der Waals surface area contributed by atoms with Gasteiger partial charge >= 0.3 is 5.97 Å². The van der Waals surface area contributed by atoms with Crippen LogP contribution in [0.4, 0.5) is 5.69 Å². The van der Waals surface area contributed by atoms with Crippen LogP contribution < -0.4 is 5.32 Å². The third-order valence-electron chi connectivity index (χ3n) is 4.59. The summed E-state index contributed by atoms with van der Waals surface area (Å²) in [6.45, 7) is 1.78. The number of hydrogen-bond donors (Lipinski definition) is 1. The van der Waals surface area contributed by atoms with Crippen molar-refractivity contribution < 1.29 is 14.3 Å². The number of nitrogens with one attached hydrogen (secondary N) is 1. The summed E-state index contributed by atoms with van der Waals surface area (Å²) in [6, 6.07) is 20.8. The number of hydrogen-bond acceptors (Lipinski definition) is 5. The Bertz CT molecular complexity index is 1210. The van der Waals surface area contributed by atoms with Crippen molar-refractivity contribution in [1.82, 2.24) is 9.97 Å². The van der Waals surface area contributed by atoms with Crippen LogP contribution in [0.1, 0.15) is 23.8 Å². The molecule has 1 aromatic heterocycles. The maximum absolute atomic E-state index is 12.6. The van der Waals surface area contributed by atoms with Gasteiger partial charge in [-0.3, -0.25) is 9.78 Å². The van der Waals surface area contributed by atoms with Crippen LogP contribution in [0.2, 0.25) is 0 Å². The van der Waals surface area contributed by atoms with Crippen LogP contribution in [0.15, 0.2) is 72.9 Å². The van der Waals surface area contributed by atoms with E-state index in [9.17, 15) is 9.59 Å². The highest BCUT2D eigenvalue weighted by molar-refractivity contribution is 5.99. The first kappa shape index (κ1) is 18.6. The van der Waals surface area contributed by atoms with Gasteiger partial charge in [-0.2, -0.15) is 0 Å². The van der Waals surface area contributed by atoms with Gasteiger partial charge in [-0.05, 0) is 41.5 Å². The molecule has 0 aliphatic carbocycles. The first-order valence-corrected chi connectivity index (χ1v) is 9.36. The molecule has 1 unspecified atom stereocenters. The predicted octanol–water partition coefficient (Wildman–Crippen LogP) is 4.36. The van der Waals surface area contributed by atoms with Crippen molar-refractivity contribution >= 4 is 39.4 Å². The zero-order valence-corrected chi connectivity index (χ0v) is 15.8. The second-order valence-electron chi connectivity index (χ2n) is 6.60. The summed E-state index contributed by atoms with van der Waals surface area (Å²) in [5.74, 6) is -1.06. The summed E-state index contributed by atoms with van der Waals surface area (Å²) in [6.07, 6.45) is 0.771. The van der Waals surface area contributed by atoms with Crippen molar-refractivity contribution in [3.05, 3.63) is 78.6 Å². The van der Waals surface area contributed by atoms with Crippen LogP contribution in [0.25, 0.3) is 21.8 Å². The molecule has 0 spiro atoms. The average Bonchev–Trinajstić information content (AvgIpc) is 2.76. The van der Waals surface area contributed by atoms with Crippen LogP contribution in [-0.2, 0) is 9.53 Å². The average molecular weight is 385 g/mol. The normalized spacial score (nSPS) is 11.9. The molecular formula is C23H19N3O3. The summed E-state index contributed by atoms with van der Waals surface area (Å²) >= 11 is 0. The summed E-state index contributed by atoms with van der Waals surface area (Å²) in [4.78, 5) is 33.6. The SMILES string of the molecule is CCC(OC(=O)c1cnc2ccccc2n1)C(=O)Nc1ccc2ccccc2c1. The van der Waals surface area contributed by atoms with Gasteiger partial charge in [0.1, 0.15) is 0 Å². The second kappa shape index (κ2) is 8.06. The van der Waals surface area contributed by atoms with Crippen molar-refractivity contribution in [3.63, 3.8) is 0 Å². The predicted molar refractivity (Wildman–Crippen MR) is 112 cm³/mol. The number of esters is 1. The van der Waals surface area contributed by atoms with Crippen molar-refractivity contribution in [2.75, 3.05) is 5.32 Å². The number of aromatic nitrogens is 2. The first-order chi connectivity index (χ1) is 14.1. The summed E-state index contributed by atoms with van der Waals surface area (Å²) in [5.41, 5.74) is 2.00. The molecule has 1 N–H and O–H groups in total. The second-order valence-corrected chi connectivity index (χ2v) is 6.60. The summed E-state index contributed by atoms with van der Waals surface area (Å²) < 4.78 is 5.40. The number of fused-ring (bicyclic) bond motifs is 2. The summed E-state index contributed by atoms with van der Waals surface area (Å²) in [5, 5.41) is 4.92. The van der Waals surface area contributed by atoms with Gasteiger partial charge in [0.2, 0.25) is 0 Å². The van der Waals surface area contributed by atoms with Crippen molar-refractivity contribution in [3.8, 4) is 0 Å². The van der Waals surface area contributed by atoms with Gasteiger partial charge in [0.15, 0.2) is 11.8 Å². The van der Waals surface area contributed by atoms with E-state index in [4.69, 9.17) is 4.74 Å². The molecule has 144 valence electrons. The minimum Gasteiger partial charge on any atom is -0.447 e. The van der Waals surface area contributed by atoms with Crippen LogP contribution in [0, 0.1) is 0 Å². The van der Waals surface area contributed by atoms with E-state index in [2.05, 4.69) is 15.3 Å². The number of para-hydroxylation sites is 2. The Balaban J connectivity index is 1.48. The monoisotopic (exact) mass is 385 g/mol. The minimum absolute atomic E-state index is 0.0701. The molecule has 4 aromatic rings. The van der Waals surface area contributed by atoms with Crippen LogP contribution in [-0.4, -0.2) is 27.9 Å². The van der Waals surface area contributed by atoms with E-state index < -0.39 is 12.1 Å². The number of amides is 1. The highest BCUT2D eigenvalue weighted by Gasteiger charge is 2.23. The van der Waals surface area contributed by atoms with Crippen LogP contribution >= 0.6 is 0 Å². The lowest BCUT2D eigenvalue weighted by atomic mass is 10.1. The molecule has 0 saturated heterocycles. The van der Waals surface area contributed by atoms with E-state index in [0.29, 0.717) is 23.1 Å². The Labute approximate surface area is 167 Å². The highest BCUT2D eigenvalue weighted by atomic mass is 16.5. The van der Waals surface area contributed by atoms with E-state index >= 15 is 0 Å². The van der Waals surface area contributed by atoms with E-state index in [1.165, 1.54) is 6.20 Å². The highest BCUT2D eigenvalue weighted by Crippen LogP contribution is 2.19. The van der Waals surface area contributed by atoms with Gasteiger partial charge in [-0.1, -0.05) is 49.4 Å². The molecule has 29 heavy (non-hydrogen) atoms. The molecule has 0 saturated carbocycles. The molecular weight excluding hydrogens is 366 g/mol. The molecule has 0 bridgehead atoms. The zero-order chi connectivity index (χ0) is 20.2. The van der Waals surface area contributed by atoms with E-state index in [1.54, 1.807) is 13.0 Å². The maximum Gasteiger partial charge on any atom is 0.359 e. The third kappa shape index (κ3) is 4.06. The quantitative estimate of drug-likeness (QED) is 0.516. The number of anilines is 1.